The molecule has 0 fully saturated rings. The van der Waals surface area contributed by atoms with Crippen molar-refractivity contribution in [3.05, 3.63) is 65.1 Å². The third kappa shape index (κ3) is 2.50. The van der Waals surface area contributed by atoms with E-state index in [1.807, 2.05) is 37.3 Å². The molecular weight excluding hydrogens is 288 g/mol. The molecule has 114 valence electrons. The van der Waals surface area contributed by atoms with Crippen molar-refractivity contribution < 1.29 is 4.79 Å². The number of nitrogens with zero attached hydrogens (tertiary/aromatic N) is 3. The molecule has 0 radical (unpaired) electrons. The van der Waals surface area contributed by atoms with Gasteiger partial charge in [0, 0.05) is 22.8 Å². The first-order chi connectivity index (χ1) is 11.2. The molecule has 1 aromatic carbocycles. The zero-order valence-corrected chi connectivity index (χ0v) is 12.8. The van der Waals surface area contributed by atoms with Crippen LogP contribution >= 0.6 is 0 Å². The Kier molecular flexibility index (Phi) is 3.92. The number of hydrogen-bond donors (Lipinski definition) is 1. The van der Waals surface area contributed by atoms with Crippen LogP contribution in [0.2, 0.25) is 0 Å². The summed E-state index contributed by atoms with van der Waals surface area (Å²) in [4.78, 5) is 16.9. The van der Waals surface area contributed by atoms with Gasteiger partial charge in [0.25, 0.3) is 5.91 Å². The van der Waals surface area contributed by atoms with Crippen molar-refractivity contribution in [2.24, 2.45) is 5.73 Å². The highest BCUT2D eigenvalue weighted by atomic mass is 16.2. The van der Waals surface area contributed by atoms with Crippen molar-refractivity contribution in [2.75, 3.05) is 6.54 Å². The normalized spacial score (nSPS) is 10.7. The minimum atomic E-state index is -0.166. The maximum Gasteiger partial charge on any atom is 0.262 e. The number of aromatic nitrogens is 2. The minimum Gasteiger partial charge on any atom is -0.330 e. The van der Waals surface area contributed by atoms with Crippen LogP contribution in [0.25, 0.3) is 10.9 Å². The van der Waals surface area contributed by atoms with Crippen molar-refractivity contribution in [1.29, 1.82) is 5.26 Å². The van der Waals surface area contributed by atoms with Gasteiger partial charge in [0.1, 0.15) is 11.8 Å². The molecule has 5 heteroatoms. The second-order valence-electron chi connectivity index (χ2n) is 5.30. The first kappa shape index (κ1) is 14.9. The van der Waals surface area contributed by atoms with Gasteiger partial charge in [-0.05, 0) is 43.7 Å². The van der Waals surface area contributed by atoms with E-state index < -0.39 is 0 Å². The molecule has 5 nitrogen and oxygen atoms in total. The van der Waals surface area contributed by atoms with Gasteiger partial charge in [-0.3, -0.25) is 9.36 Å². The van der Waals surface area contributed by atoms with Gasteiger partial charge in [0.15, 0.2) is 0 Å². The number of rotatable bonds is 3. The number of fused-ring (bicyclic) bond motifs is 1. The average Bonchev–Trinajstić information content (AvgIpc) is 2.87. The lowest BCUT2D eigenvalue weighted by molar-refractivity contribution is 0.0962. The number of benzene rings is 1. The molecule has 0 aliphatic heterocycles. The summed E-state index contributed by atoms with van der Waals surface area (Å²) in [7, 11) is 0. The highest BCUT2D eigenvalue weighted by Gasteiger charge is 2.19. The third-order valence-electron chi connectivity index (χ3n) is 3.96. The topological polar surface area (TPSA) is 84.7 Å². The van der Waals surface area contributed by atoms with Gasteiger partial charge >= 0.3 is 0 Å². The molecule has 2 aromatic heterocycles. The van der Waals surface area contributed by atoms with Crippen molar-refractivity contribution in [1.82, 2.24) is 9.55 Å². The number of pyridine rings is 1. The molecule has 2 N–H and O–H groups in total. The Hall–Kier alpha value is -2.97. The summed E-state index contributed by atoms with van der Waals surface area (Å²) < 4.78 is 1.69. The van der Waals surface area contributed by atoms with Crippen LogP contribution in [-0.2, 0) is 6.42 Å². The van der Waals surface area contributed by atoms with Gasteiger partial charge in [-0.15, -0.1) is 0 Å². The fraction of sp³-hybridized carbons (Fsp3) is 0.167. The van der Waals surface area contributed by atoms with Crippen molar-refractivity contribution >= 4 is 16.8 Å². The average molecular weight is 304 g/mol. The SMILES string of the molecule is Cc1c(CCN)c2ccccc2n1C(=O)c1ccnc(C#N)c1. The molecule has 3 aromatic rings. The third-order valence-corrected chi connectivity index (χ3v) is 3.96. The Morgan fingerprint density at radius 2 is 2.13 bits per heavy atom. The van der Waals surface area contributed by atoms with Crippen LogP contribution < -0.4 is 5.73 Å². The lowest BCUT2D eigenvalue weighted by Crippen LogP contribution is -2.14. The largest absolute Gasteiger partial charge is 0.330 e. The van der Waals surface area contributed by atoms with E-state index in [1.54, 1.807) is 10.6 Å². The van der Waals surface area contributed by atoms with Crippen molar-refractivity contribution in [3.63, 3.8) is 0 Å². The molecule has 2 heterocycles. The van der Waals surface area contributed by atoms with E-state index >= 15 is 0 Å². The Balaban J connectivity index is 2.21. The maximum absolute atomic E-state index is 13.0. The Morgan fingerprint density at radius 3 is 2.87 bits per heavy atom. The summed E-state index contributed by atoms with van der Waals surface area (Å²) in [5.74, 6) is -0.166. The molecule has 0 bridgehead atoms. The number of nitriles is 1. The Bertz CT molecular complexity index is 934. The smallest absolute Gasteiger partial charge is 0.262 e. The molecule has 0 spiro atoms. The van der Waals surface area contributed by atoms with Gasteiger partial charge in [0.05, 0.1) is 5.52 Å². The van der Waals surface area contributed by atoms with E-state index in [0.29, 0.717) is 18.5 Å². The lowest BCUT2D eigenvalue weighted by atomic mass is 10.1. The van der Waals surface area contributed by atoms with Gasteiger partial charge < -0.3 is 5.73 Å². The number of hydrogen-bond acceptors (Lipinski definition) is 4. The number of para-hydroxylation sites is 1. The first-order valence-electron chi connectivity index (χ1n) is 7.37. The molecule has 0 saturated heterocycles. The zero-order valence-electron chi connectivity index (χ0n) is 12.8. The van der Waals surface area contributed by atoms with Gasteiger partial charge in [0.2, 0.25) is 0 Å². The van der Waals surface area contributed by atoms with Crippen molar-refractivity contribution in [3.8, 4) is 6.07 Å². The van der Waals surface area contributed by atoms with E-state index in [0.717, 1.165) is 22.2 Å². The minimum absolute atomic E-state index is 0.166. The summed E-state index contributed by atoms with van der Waals surface area (Å²) in [5, 5.41) is 10.0. The van der Waals surface area contributed by atoms with Gasteiger partial charge in [-0.1, -0.05) is 18.2 Å². The summed E-state index contributed by atoms with van der Waals surface area (Å²) in [6, 6.07) is 12.9. The molecule has 0 aliphatic rings. The van der Waals surface area contributed by atoms with Crippen LogP contribution in [0.1, 0.15) is 27.3 Å². The Morgan fingerprint density at radius 1 is 1.35 bits per heavy atom. The zero-order chi connectivity index (χ0) is 16.4. The molecule has 0 amide bonds. The van der Waals surface area contributed by atoms with E-state index in [1.165, 1.54) is 12.3 Å². The lowest BCUT2D eigenvalue weighted by Gasteiger charge is -2.07. The van der Waals surface area contributed by atoms with Crippen LogP contribution in [0.4, 0.5) is 0 Å². The van der Waals surface area contributed by atoms with E-state index in [9.17, 15) is 4.79 Å². The fourth-order valence-electron chi connectivity index (χ4n) is 2.91. The second kappa shape index (κ2) is 6.03. The molecule has 0 saturated carbocycles. The van der Waals surface area contributed by atoms with Crippen LogP contribution in [0.15, 0.2) is 42.6 Å². The summed E-state index contributed by atoms with van der Waals surface area (Å²) in [6.07, 6.45) is 2.19. The van der Waals surface area contributed by atoms with Crippen LogP contribution in [0, 0.1) is 18.3 Å². The standard InChI is InChI=1S/C18H16N4O/c1-12-15(6-8-19)16-4-2-3-5-17(16)22(12)18(23)13-7-9-21-14(10-13)11-20/h2-5,7,9-10H,6,8,19H2,1H3. The summed E-state index contributed by atoms with van der Waals surface area (Å²) in [5.41, 5.74) is 9.22. The van der Waals surface area contributed by atoms with E-state index in [2.05, 4.69) is 4.98 Å². The number of nitrogens with two attached hydrogens (primary N) is 1. The van der Waals surface area contributed by atoms with E-state index in [4.69, 9.17) is 11.0 Å². The van der Waals surface area contributed by atoms with Crippen LogP contribution in [-0.4, -0.2) is 22.0 Å². The van der Waals surface area contributed by atoms with Crippen LogP contribution in [0.3, 0.4) is 0 Å². The molecule has 0 aliphatic carbocycles. The maximum atomic E-state index is 13.0. The van der Waals surface area contributed by atoms with Gasteiger partial charge in [-0.2, -0.15) is 5.26 Å². The molecule has 0 atom stereocenters. The predicted octanol–water partition coefficient (Wildman–Crippen LogP) is 2.41. The Labute approximate surface area is 134 Å². The molecule has 0 unspecified atom stereocenters. The second-order valence-corrected chi connectivity index (χ2v) is 5.30. The van der Waals surface area contributed by atoms with E-state index in [-0.39, 0.29) is 11.6 Å². The quantitative estimate of drug-likeness (QED) is 0.805. The van der Waals surface area contributed by atoms with Gasteiger partial charge in [-0.25, -0.2) is 4.98 Å². The monoisotopic (exact) mass is 304 g/mol. The number of carbonyl (C=O) groups is 1. The molecule has 23 heavy (non-hydrogen) atoms. The predicted molar refractivity (Wildman–Crippen MR) is 88.1 cm³/mol. The number of carbonyl (C=O) groups excluding carboxylic acids is 1. The summed E-state index contributed by atoms with van der Waals surface area (Å²) >= 11 is 0. The molecule has 3 rings (SSSR count). The highest BCUT2D eigenvalue weighted by Crippen LogP contribution is 2.27. The van der Waals surface area contributed by atoms with Crippen LogP contribution in [0.5, 0.6) is 0 Å². The fourth-order valence-corrected chi connectivity index (χ4v) is 2.91. The molecular formula is C18H16N4O. The first-order valence-corrected chi connectivity index (χ1v) is 7.37. The van der Waals surface area contributed by atoms with Crippen molar-refractivity contribution in [2.45, 2.75) is 13.3 Å². The highest BCUT2D eigenvalue weighted by molar-refractivity contribution is 6.04. The summed E-state index contributed by atoms with van der Waals surface area (Å²) in [6.45, 7) is 2.45.